The summed E-state index contributed by atoms with van der Waals surface area (Å²) >= 11 is 0. The highest BCUT2D eigenvalue weighted by atomic mass is 32.2. The number of carbonyl (C=O) groups is 1. The fourth-order valence-corrected chi connectivity index (χ4v) is 2.15. The third-order valence-corrected chi connectivity index (χ3v) is 3.60. The third kappa shape index (κ3) is 5.16. The van der Waals surface area contributed by atoms with Gasteiger partial charge in [-0.25, -0.2) is 13.6 Å². The first kappa shape index (κ1) is 16.4. The van der Waals surface area contributed by atoms with Crippen LogP contribution in [0.3, 0.4) is 0 Å². The van der Waals surface area contributed by atoms with E-state index in [4.69, 9.17) is 10.2 Å². The number of carboxylic acids is 1. The van der Waals surface area contributed by atoms with Crippen molar-refractivity contribution in [3.63, 3.8) is 0 Å². The number of aliphatic carboxylic acids is 1. The summed E-state index contributed by atoms with van der Waals surface area (Å²) in [5, 5.41) is 13.9. The lowest BCUT2D eigenvalue weighted by atomic mass is 10.3. The van der Waals surface area contributed by atoms with Gasteiger partial charge in [0, 0.05) is 18.8 Å². The van der Waals surface area contributed by atoms with Crippen molar-refractivity contribution in [1.29, 1.82) is 0 Å². The number of benzene rings is 1. The second kappa shape index (κ2) is 6.69. The van der Waals surface area contributed by atoms with Gasteiger partial charge in [0.15, 0.2) is 0 Å². The van der Waals surface area contributed by atoms with Gasteiger partial charge in [-0.1, -0.05) is 0 Å². The third-order valence-electron chi connectivity index (χ3n) is 2.67. The van der Waals surface area contributed by atoms with E-state index in [1.807, 2.05) is 19.0 Å². The normalized spacial score (nSPS) is 11.6. The first-order chi connectivity index (χ1) is 9.20. The van der Waals surface area contributed by atoms with Gasteiger partial charge in [-0.3, -0.25) is 4.79 Å². The molecule has 0 saturated heterocycles. The van der Waals surface area contributed by atoms with Gasteiger partial charge >= 0.3 is 5.97 Å². The van der Waals surface area contributed by atoms with Gasteiger partial charge in [0.25, 0.3) is 0 Å². The maximum atomic E-state index is 11.2. The average Bonchev–Trinajstić information content (AvgIpc) is 2.33. The number of rotatable bonds is 7. The molecule has 7 nitrogen and oxygen atoms in total. The molecule has 0 radical (unpaired) electrons. The van der Waals surface area contributed by atoms with Crippen molar-refractivity contribution in [1.82, 2.24) is 4.90 Å². The van der Waals surface area contributed by atoms with Crippen LogP contribution >= 0.6 is 0 Å². The maximum Gasteiger partial charge on any atom is 0.323 e. The molecule has 0 spiro atoms. The smallest absolute Gasteiger partial charge is 0.323 e. The highest BCUT2D eigenvalue weighted by molar-refractivity contribution is 7.89. The van der Waals surface area contributed by atoms with Crippen molar-refractivity contribution < 1.29 is 18.3 Å². The molecule has 0 aromatic heterocycles. The second-order valence-corrected chi connectivity index (χ2v) is 6.22. The second-order valence-electron chi connectivity index (χ2n) is 4.66. The van der Waals surface area contributed by atoms with E-state index in [-0.39, 0.29) is 11.4 Å². The molecule has 0 saturated carbocycles. The van der Waals surface area contributed by atoms with E-state index in [0.717, 1.165) is 0 Å². The Bertz CT molecular complexity index is 555. The number of carboxylic acid groups (broad SMARTS) is 1. The van der Waals surface area contributed by atoms with Crippen LogP contribution < -0.4 is 10.0 Å². The zero-order valence-electron chi connectivity index (χ0n) is 11.5. The average molecular weight is 301 g/mol. The SMILES string of the molecule is CN(C)CCN(CC(=O)O)c1ccc(S(N)(=O)=O)cc1. The van der Waals surface area contributed by atoms with Crippen LogP contribution in [0.5, 0.6) is 0 Å². The van der Waals surface area contributed by atoms with E-state index in [1.54, 1.807) is 17.0 Å². The van der Waals surface area contributed by atoms with Crippen molar-refractivity contribution in [2.24, 2.45) is 5.14 Å². The number of hydrogen-bond donors (Lipinski definition) is 2. The standard InChI is InChI=1S/C12H19N3O4S/c1-14(2)7-8-15(9-12(16)17)10-3-5-11(6-4-10)20(13,18)19/h3-6H,7-9H2,1-2H3,(H,16,17)(H2,13,18,19). The molecule has 0 aliphatic heterocycles. The molecular formula is C12H19N3O4S. The monoisotopic (exact) mass is 301 g/mol. The molecule has 0 unspecified atom stereocenters. The van der Waals surface area contributed by atoms with Gasteiger partial charge in [-0.05, 0) is 38.4 Å². The van der Waals surface area contributed by atoms with Gasteiger partial charge in [0.1, 0.15) is 6.54 Å². The van der Waals surface area contributed by atoms with Crippen molar-refractivity contribution in [3.8, 4) is 0 Å². The molecule has 0 aliphatic rings. The molecule has 8 heteroatoms. The highest BCUT2D eigenvalue weighted by Gasteiger charge is 2.13. The van der Waals surface area contributed by atoms with Crippen LogP contribution in [0.1, 0.15) is 0 Å². The summed E-state index contributed by atoms with van der Waals surface area (Å²) in [4.78, 5) is 14.5. The van der Waals surface area contributed by atoms with Crippen LogP contribution in [-0.4, -0.2) is 58.1 Å². The number of primary sulfonamides is 1. The molecule has 1 aromatic rings. The zero-order chi connectivity index (χ0) is 15.3. The Morgan fingerprint density at radius 2 is 1.75 bits per heavy atom. The van der Waals surface area contributed by atoms with E-state index >= 15 is 0 Å². The van der Waals surface area contributed by atoms with Crippen LogP contribution in [0.2, 0.25) is 0 Å². The summed E-state index contributed by atoms with van der Waals surface area (Å²) in [7, 11) is 0.0467. The van der Waals surface area contributed by atoms with E-state index in [2.05, 4.69) is 0 Å². The Morgan fingerprint density at radius 1 is 1.20 bits per heavy atom. The van der Waals surface area contributed by atoms with Gasteiger partial charge in [0.2, 0.25) is 10.0 Å². The van der Waals surface area contributed by atoms with Gasteiger partial charge in [-0.15, -0.1) is 0 Å². The summed E-state index contributed by atoms with van der Waals surface area (Å²) in [6.07, 6.45) is 0. The zero-order valence-corrected chi connectivity index (χ0v) is 12.3. The molecule has 1 aromatic carbocycles. The summed E-state index contributed by atoms with van der Waals surface area (Å²) in [6.45, 7) is 1.06. The minimum atomic E-state index is -3.74. The number of nitrogens with zero attached hydrogens (tertiary/aromatic N) is 2. The predicted octanol–water partition coefficient (Wildman–Crippen LogP) is -0.213. The van der Waals surface area contributed by atoms with E-state index in [9.17, 15) is 13.2 Å². The molecule has 0 fully saturated rings. The number of nitrogens with two attached hydrogens (primary N) is 1. The summed E-state index contributed by atoms with van der Waals surface area (Å²) in [5.74, 6) is -0.945. The summed E-state index contributed by atoms with van der Waals surface area (Å²) < 4.78 is 22.3. The van der Waals surface area contributed by atoms with Gasteiger partial charge < -0.3 is 14.9 Å². The topological polar surface area (TPSA) is 104 Å². The lowest BCUT2D eigenvalue weighted by Gasteiger charge is -2.24. The van der Waals surface area contributed by atoms with Crippen LogP contribution in [0, 0.1) is 0 Å². The highest BCUT2D eigenvalue weighted by Crippen LogP contribution is 2.17. The van der Waals surface area contributed by atoms with Crippen molar-refractivity contribution in [2.75, 3.05) is 38.6 Å². The van der Waals surface area contributed by atoms with Gasteiger partial charge in [0.05, 0.1) is 4.90 Å². The fourth-order valence-electron chi connectivity index (χ4n) is 1.63. The Kier molecular flexibility index (Phi) is 5.49. The minimum Gasteiger partial charge on any atom is -0.480 e. The molecule has 0 aliphatic carbocycles. The van der Waals surface area contributed by atoms with E-state index < -0.39 is 16.0 Å². The summed E-state index contributed by atoms with van der Waals surface area (Å²) in [5.41, 5.74) is 0.640. The van der Waals surface area contributed by atoms with Crippen molar-refractivity contribution in [3.05, 3.63) is 24.3 Å². The van der Waals surface area contributed by atoms with Crippen molar-refractivity contribution >= 4 is 21.7 Å². The number of likely N-dealkylation sites (N-methyl/N-ethyl adjacent to an activating group) is 1. The minimum absolute atomic E-state index is 0.00383. The lowest BCUT2D eigenvalue weighted by molar-refractivity contribution is -0.135. The van der Waals surface area contributed by atoms with E-state index in [1.165, 1.54) is 12.1 Å². The molecule has 0 heterocycles. The molecule has 112 valence electrons. The quantitative estimate of drug-likeness (QED) is 0.722. The van der Waals surface area contributed by atoms with Gasteiger partial charge in [-0.2, -0.15) is 0 Å². The first-order valence-electron chi connectivity index (χ1n) is 5.94. The molecule has 0 bridgehead atoms. The maximum absolute atomic E-state index is 11.2. The van der Waals surface area contributed by atoms with E-state index in [0.29, 0.717) is 18.8 Å². The molecule has 20 heavy (non-hydrogen) atoms. The Balaban J connectivity index is 2.93. The van der Waals surface area contributed by atoms with Crippen LogP contribution in [-0.2, 0) is 14.8 Å². The predicted molar refractivity (Wildman–Crippen MR) is 76.2 cm³/mol. The Labute approximate surface area is 118 Å². The van der Waals surface area contributed by atoms with Crippen molar-refractivity contribution in [2.45, 2.75) is 4.90 Å². The Hall–Kier alpha value is -1.64. The van der Waals surface area contributed by atoms with Crippen LogP contribution in [0.4, 0.5) is 5.69 Å². The summed E-state index contributed by atoms with van der Waals surface area (Å²) in [6, 6.07) is 5.85. The Morgan fingerprint density at radius 3 is 2.15 bits per heavy atom. The molecular weight excluding hydrogens is 282 g/mol. The number of hydrogen-bond acceptors (Lipinski definition) is 5. The molecule has 3 N–H and O–H groups in total. The first-order valence-corrected chi connectivity index (χ1v) is 7.49. The molecule has 1 rings (SSSR count). The van der Waals surface area contributed by atoms with Crippen LogP contribution in [0.15, 0.2) is 29.2 Å². The number of sulfonamides is 1. The fraction of sp³-hybridized carbons (Fsp3) is 0.417. The largest absolute Gasteiger partial charge is 0.480 e. The lowest BCUT2D eigenvalue weighted by Crippen LogP contribution is -2.35. The molecule has 0 atom stereocenters. The van der Waals surface area contributed by atoms with Crippen LogP contribution in [0.25, 0.3) is 0 Å². The molecule has 0 amide bonds. The number of anilines is 1.